The number of piperidine rings is 1. The van der Waals surface area contributed by atoms with Gasteiger partial charge in [-0.05, 0) is 62.2 Å². The lowest BCUT2D eigenvalue weighted by Gasteiger charge is -2.46. The Morgan fingerprint density at radius 3 is 2.70 bits per heavy atom. The van der Waals surface area contributed by atoms with Crippen molar-refractivity contribution in [1.82, 2.24) is 9.47 Å². The van der Waals surface area contributed by atoms with Crippen LogP contribution in [0.3, 0.4) is 0 Å². The summed E-state index contributed by atoms with van der Waals surface area (Å²) < 4.78 is 21.1. The molecule has 2 N–H and O–H groups in total. The molecule has 0 atom stereocenters. The first-order chi connectivity index (χ1) is 16.0. The van der Waals surface area contributed by atoms with Crippen molar-refractivity contribution in [3.05, 3.63) is 77.9 Å². The Balaban J connectivity index is 1.32. The number of benzene rings is 2. The SMILES string of the molecule is CCOC(=O)c1ccccc1NC(=O)N1CCC2(CC1)Nc1cc(F)ccc1-n1cccc12. The number of likely N-dealkylation sites (tertiary alicyclic amines) is 1. The summed E-state index contributed by atoms with van der Waals surface area (Å²) in [7, 11) is 0. The number of anilines is 2. The molecule has 170 valence electrons. The van der Waals surface area contributed by atoms with Crippen LogP contribution in [0.25, 0.3) is 5.69 Å². The molecule has 7 nitrogen and oxygen atoms in total. The topological polar surface area (TPSA) is 75.6 Å². The molecule has 33 heavy (non-hydrogen) atoms. The summed E-state index contributed by atoms with van der Waals surface area (Å²) in [5.41, 5.74) is 3.14. The Bertz CT molecular complexity index is 1210. The summed E-state index contributed by atoms with van der Waals surface area (Å²) in [6.07, 6.45) is 3.32. The second kappa shape index (κ2) is 8.27. The molecule has 0 aliphatic carbocycles. The van der Waals surface area contributed by atoms with Crippen LogP contribution in [0.15, 0.2) is 60.8 Å². The van der Waals surface area contributed by atoms with Gasteiger partial charge in [-0.2, -0.15) is 0 Å². The minimum Gasteiger partial charge on any atom is -0.462 e. The Hall–Kier alpha value is -3.81. The number of nitrogens with one attached hydrogen (secondary N) is 2. The number of amides is 2. The Kier molecular flexibility index (Phi) is 5.28. The average Bonchev–Trinajstić information content (AvgIpc) is 3.31. The molecule has 2 aliphatic heterocycles. The number of hydrogen-bond acceptors (Lipinski definition) is 4. The van der Waals surface area contributed by atoms with E-state index < -0.39 is 5.97 Å². The van der Waals surface area contributed by atoms with Crippen molar-refractivity contribution >= 4 is 23.4 Å². The third-order valence-corrected chi connectivity index (χ3v) is 6.40. The van der Waals surface area contributed by atoms with E-state index in [-0.39, 0.29) is 24.0 Å². The van der Waals surface area contributed by atoms with Crippen LogP contribution in [-0.4, -0.2) is 41.2 Å². The number of aromatic nitrogens is 1. The average molecular weight is 448 g/mol. The maximum absolute atomic E-state index is 13.9. The molecular weight excluding hydrogens is 423 g/mol. The van der Waals surface area contributed by atoms with Gasteiger partial charge in [-0.25, -0.2) is 14.0 Å². The van der Waals surface area contributed by atoms with E-state index in [2.05, 4.69) is 21.3 Å². The highest BCUT2D eigenvalue weighted by molar-refractivity contribution is 6.00. The Labute approximate surface area is 191 Å². The minimum atomic E-state index is -0.468. The fourth-order valence-corrected chi connectivity index (χ4v) is 4.77. The normalized spacial score (nSPS) is 15.9. The van der Waals surface area contributed by atoms with E-state index in [1.165, 1.54) is 12.1 Å². The number of carbonyl (C=O) groups is 2. The fourth-order valence-electron chi connectivity index (χ4n) is 4.77. The molecule has 1 aromatic heterocycles. The smallest absolute Gasteiger partial charge is 0.340 e. The van der Waals surface area contributed by atoms with Crippen LogP contribution in [0.2, 0.25) is 0 Å². The van der Waals surface area contributed by atoms with Gasteiger partial charge in [0.15, 0.2) is 0 Å². The van der Waals surface area contributed by atoms with E-state index in [0.29, 0.717) is 37.2 Å². The molecule has 2 aromatic carbocycles. The molecule has 2 aliphatic rings. The van der Waals surface area contributed by atoms with Crippen LogP contribution >= 0.6 is 0 Å². The highest BCUT2D eigenvalue weighted by atomic mass is 19.1. The first kappa shape index (κ1) is 21.1. The molecule has 0 radical (unpaired) electrons. The zero-order chi connectivity index (χ0) is 23.0. The first-order valence-corrected chi connectivity index (χ1v) is 11.1. The highest BCUT2D eigenvalue weighted by Crippen LogP contribution is 2.43. The fraction of sp³-hybridized carbons (Fsp3) is 0.280. The van der Waals surface area contributed by atoms with E-state index in [1.54, 1.807) is 42.2 Å². The maximum atomic E-state index is 13.9. The summed E-state index contributed by atoms with van der Waals surface area (Å²) in [6.45, 7) is 3.02. The van der Waals surface area contributed by atoms with Gasteiger partial charge in [0.1, 0.15) is 5.82 Å². The lowest BCUT2D eigenvalue weighted by atomic mass is 9.82. The molecule has 3 heterocycles. The number of carbonyl (C=O) groups excluding carboxylic acids is 2. The van der Waals surface area contributed by atoms with Crippen LogP contribution in [0.5, 0.6) is 0 Å². The van der Waals surface area contributed by atoms with Crippen molar-refractivity contribution < 1.29 is 18.7 Å². The van der Waals surface area contributed by atoms with Crippen LogP contribution in [-0.2, 0) is 10.3 Å². The van der Waals surface area contributed by atoms with Gasteiger partial charge in [-0.3, -0.25) is 0 Å². The highest BCUT2D eigenvalue weighted by Gasteiger charge is 2.42. The summed E-state index contributed by atoms with van der Waals surface area (Å²) in [5.74, 6) is -0.756. The van der Waals surface area contributed by atoms with Gasteiger partial charge >= 0.3 is 12.0 Å². The molecule has 1 fully saturated rings. The zero-order valence-electron chi connectivity index (χ0n) is 18.3. The van der Waals surface area contributed by atoms with Crippen molar-refractivity contribution in [2.24, 2.45) is 0 Å². The molecule has 1 saturated heterocycles. The van der Waals surface area contributed by atoms with Crippen molar-refractivity contribution in [2.45, 2.75) is 25.3 Å². The number of ether oxygens (including phenoxy) is 1. The van der Waals surface area contributed by atoms with E-state index in [4.69, 9.17) is 4.74 Å². The van der Waals surface area contributed by atoms with Gasteiger partial charge in [0.25, 0.3) is 0 Å². The number of nitrogens with zero attached hydrogens (tertiary/aromatic N) is 2. The van der Waals surface area contributed by atoms with Crippen LogP contribution in [0.1, 0.15) is 35.8 Å². The first-order valence-electron chi connectivity index (χ1n) is 11.1. The molecule has 2 amide bonds. The van der Waals surface area contributed by atoms with Gasteiger partial charge in [0.05, 0.1) is 34.8 Å². The van der Waals surface area contributed by atoms with Gasteiger partial charge in [0.2, 0.25) is 0 Å². The van der Waals surface area contributed by atoms with Gasteiger partial charge in [0, 0.05) is 25.0 Å². The lowest BCUT2D eigenvalue weighted by molar-refractivity contribution is 0.0527. The summed E-state index contributed by atoms with van der Waals surface area (Å²) >= 11 is 0. The lowest BCUT2D eigenvalue weighted by Crippen LogP contribution is -2.51. The Morgan fingerprint density at radius 1 is 1.12 bits per heavy atom. The quantitative estimate of drug-likeness (QED) is 0.568. The van der Waals surface area contributed by atoms with Crippen molar-refractivity contribution in [3.8, 4) is 5.69 Å². The number of halogens is 1. The molecule has 0 unspecified atom stereocenters. The zero-order valence-corrected chi connectivity index (χ0v) is 18.3. The van der Waals surface area contributed by atoms with E-state index in [0.717, 1.165) is 17.1 Å². The number of rotatable bonds is 3. The van der Waals surface area contributed by atoms with Crippen LogP contribution < -0.4 is 10.6 Å². The summed E-state index contributed by atoms with van der Waals surface area (Å²) in [6, 6.07) is 15.4. The number of esters is 1. The summed E-state index contributed by atoms with van der Waals surface area (Å²) in [5, 5.41) is 6.42. The van der Waals surface area contributed by atoms with Crippen molar-refractivity contribution in [2.75, 3.05) is 30.3 Å². The van der Waals surface area contributed by atoms with E-state index >= 15 is 0 Å². The minimum absolute atomic E-state index is 0.261. The predicted octanol–water partition coefficient (Wildman–Crippen LogP) is 4.74. The van der Waals surface area contributed by atoms with Crippen LogP contribution in [0.4, 0.5) is 20.6 Å². The number of fused-ring (bicyclic) bond motifs is 4. The second-order valence-electron chi connectivity index (χ2n) is 8.32. The maximum Gasteiger partial charge on any atom is 0.340 e. The predicted molar refractivity (Wildman–Crippen MR) is 123 cm³/mol. The molecule has 8 heteroatoms. The van der Waals surface area contributed by atoms with E-state index in [9.17, 15) is 14.0 Å². The molecule has 3 aromatic rings. The van der Waals surface area contributed by atoms with Crippen molar-refractivity contribution in [3.63, 3.8) is 0 Å². The molecule has 0 bridgehead atoms. The monoisotopic (exact) mass is 448 g/mol. The van der Waals surface area contributed by atoms with Gasteiger partial charge in [-0.1, -0.05) is 12.1 Å². The summed E-state index contributed by atoms with van der Waals surface area (Å²) in [4.78, 5) is 27.0. The van der Waals surface area contributed by atoms with Gasteiger partial charge in [-0.15, -0.1) is 0 Å². The molecular formula is C25H25FN4O3. The number of para-hydroxylation sites is 1. The van der Waals surface area contributed by atoms with E-state index in [1.807, 2.05) is 12.3 Å². The third-order valence-electron chi connectivity index (χ3n) is 6.40. The third kappa shape index (κ3) is 3.71. The number of hydrogen-bond donors (Lipinski definition) is 2. The van der Waals surface area contributed by atoms with Crippen LogP contribution in [0, 0.1) is 5.82 Å². The van der Waals surface area contributed by atoms with Crippen molar-refractivity contribution in [1.29, 1.82) is 0 Å². The molecule has 1 spiro atoms. The Morgan fingerprint density at radius 2 is 1.91 bits per heavy atom. The molecule has 5 rings (SSSR count). The standard InChI is InChI=1S/C25H25FN4O3/c1-2-33-23(31)18-6-3-4-7-19(18)27-24(32)29-14-11-25(12-15-29)22-8-5-13-30(22)21-10-9-17(26)16-20(21)28-25/h3-10,13,16,28H,2,11-12,14-15H2,1H3,(H,27,32). The largest absolute Gasteiger partial charge is 0.462 e. The molecule has 0 saturated carbocycles. The number of urea groups is 1. The van der Waals surface area contributed by atoms with Gasteiger partial charge < -0.3 is 24.8 Å². The second-order valence-corrected chi connectivity index (χ2v) is 8.32.